The predicted octanol–water partition coefficient (Wildman–Crippen LogP) is 2.18. The van der Waals surface area contributed by atoms with Gasteiger partial charge in [0.05, 0.1) is 6.61 Å². The summed E-state index contributed by atoms with van der Waals surface area (Å²) in [4.78, 5) is 26.8. The maximum absolute atomic E-state index is 12.1. The van der Waals surface area contributed by atoms with Crippen LogP contribution in [0, 0.1) is 0 Å². The zero-order valence-corrected chi connectivity index (χ0v) is 11.4. The van der Waals surface area contributed by atoms with Crippen LogP contribution in [0.2, 0.25) is 0 Å². The fourth-order valence-corrected chi connectivity index (χ4v) is 1.78. The van der Waals surface area contributed by atoms with Crippen molar-refractivity contribution in [2.75, 3.05) is 12.4 Å². The normalized spacial score (nSPS) is 10.1. The van der Waals surface area contributed by atoms with Crippen molar-refractivity contribution in [3.8, 4) is 0 Å². The summed E-state index contributed by atoms with van der Waals surface area (Å²) < 4.78 is 5.01. The molecule has 6 nitrogen and oxygen atoms in total. The van der Waals surface area contributed by atoms with Gasteiger partial charge in [-0.15, -0.1) is 0 Å². The van der Waals surface area contributed by atoms with Crippen molar-refractivity contribution in [2.45, 2.75) is 6.61 Å². The quantitative estimate of drug-likeness (QED) is 0.879. The van der Waals surface area contributed by atoms with Gasteiger partial charge in [0.2, 0.25) is 0 Å². The van der Waals surface area contributed by atoms with Gasteiger partial charge in [0.1, 0.15) is 5.82 Å². The molecule has 21 heavy (non-hydrogen) atoms. The largest absolute Gasteiger partial charge is 0.477 e. The monoisotopic (exact) mass is 286 g/mol. The van der Waals surface area contributed by atoms with Crippen molar-refractivity contribution in [1.29, 1.82) is 0 Å². The number of nitrogens with one attached hydrogen (secondary N) is 1. The molecule has 0 aliphatic rings. The van der Waals surface area contributed by atoms with E-state index in [4.69, 9.17) is 9.84 Å². The van der Waals surface area contributed by atoms with Crippen molar-refractivity contribution < 1.29 is 19.4 Å². The standard InChI is InChI=1S/C15H14N2O4/c1-21-9-10-4-2-5-11(8-10)14(18)17-13-7-3-6-12(16-13)15(19)20/h2-8H,9H2,1H3,(H,19,20)(H,16,17,18). The first-order valence-electron chi connectivity index (χ1n) is 6.19. The Labute approximate surface area is 121 Å². The highest BCUT2D eigenvalue weighted by molar-refractivity contribution is 6.04. The smallest absolute Gasteiger partial charge is 0.354 e. The molecule has 2 aromatic rings. The summed E-state index contributed by atoms with van der Waals surface area (Å²) in [6.45, 7) is 0.411. The van der Waals surface area contributed by atoms with Crippen molar-refractivity contribution >= 4 is 17.7 Å². The molecule has 2 rings (SSSR count). The molecule has 0 fully saturated rings. The summed E-state index contributed by atoms with van der Waals surface area (Å²) in [6.07, 6.45) is 0. The number of rotatable bonds is 5. The number of methoxy groups -OCH3 is 1. The van der Waals surface area contributed by atoms with E-state index >= 15 is 0 Å². The van der Waals surface area contributed by atoms with Gasteiger partial charge in [-0.2, -0.15) is 0 Å². The Kier molecular flexibility index (Phi) is 4.63. The van der Waals surface area contributed by atoms with E-state index in [9.17, 15) is 9.59 Å². The van der Waals surface area contributed by atoms with Crippen molar-refractivity contribution in [3.63, 3.8) is 0 Å². The van der Waals surface area contributed by atoms with E-state index in [1.54, 1.807) is 25.3 Å². The molecule has 6 heteroatoms. The lowest BCUT2D eigenvalue weighted by Crippen LogP contribution is -2.14. The highest BCUT2D eigenvalue weighted by Crippen LogP contribution is 2.10. The number of amides is 1. The molecule has 0 spiro atoms. The van der Waals surface area contributed by atoms with Gasteiger partial charge < -0.3 is 15.2 Å². The van der Waals surface area contributed by atoms with Crippen LogP contribution in [0.3, 0.4) is 0 Å². The van der Waals surface area contributed by atoms with E-state index in [0.717, 1.165) is 5.56 Å². The fraction of sp³-hybridized carbons (Fsp3) is 0.133. The number of benzene rings is 1. The molecule has 0 aliphatic carbocycles. The van der Waals surface area contributed by atoms with Gasteiger partial charge in [-0.3, -0.25) is 4.79 Å². The minimum absolute atomic E-state index is 0.124. The van der Waals surface area contributed by atoms with Gasteiger partial charge in [-0.05, 0) is 29.8 Å². The third-order valence-electron chi connectivity index (χ3n) is 2.71. The number of hydrogen-bond donors (Lipinski definition) is 2. The number of nitrogens with zero attached hydrogens (tertiary/aromatic N) is 1. The van der Waals surface area contributed by atoms with Crippen LogP contribution >= 0.6 is 0 Å². The first-order valence-corrected chi connectivity index (χ1v) is 6.19. The van der Waals surface area contributed by atoms with Crippen LogP contribution < -0.4 is 5.32 Å². The average Bonchev–Trinajstić information content (AvgIpc) is 2.48. The second kappa shape index (κ2) is 6.62. The second-order valence-corrected chi connectivity index (χ2v) is 4.30. The summed E-state index contributed by atoms with van der Waals surface area (Å²) in [5.41, 5.74) is 1.20. The zero-order chi connectivity index (χ0) is 15.2. The summed E-state index contributed by atoms with van der Waals surface area (Å²) in [5, 5.41) is 11.4. The maximum atomic E-state index is 12.1. The van der Waals surface area contributed by atoms with E-state index < -0.39 is 5.97 Å². The lowest BCUT2D eigenvalue weighted by Gasteiger charge is -2.06. The number of aromatic carboxylic acids is 1. The van der Waals surface area contributed by atoms with Crippen molar-refractivity contribution in [2.24, 2.45) is 0 Å². The Morgan fingerprint density at radius 3 is 2.71 bits per heavy atom. The third kappa shape index (κ3) is 3.87. The predicted molar refractivity (Wildman–Crippen MR) is 76.3 cm³/mol. The van der Waals surface area contributed by atoms with Gasteiger partial charge in [0, 0.05) is 12.7 Å². The lowest BCUT2D eigenvalue weighted by atomic mass is 10.1. The van der Waals surface area contributed by atoms with Crippen molar-refractivity contribution in [3.05, 3.63) is 59.3 Å². The summed E-state index contributed by atoms with van der Waals surface area (Å²) in [5.74, 6) is -1.31. The SMILES string of the molecule is COCc1cccc(C(=O)Nc2cccc(C(=O)O)n2)c1. The molecule has 2 N–H and O–H groups in total. The van der Waals surface area contributed by atoms with Crippen LogP contribution in [0.1, 0.15) is 26.4 Å². The van der Waals surface area contributed by atoms with Crippen LogP contribution in [-0.4, -0.2) is 29.1 Å². The Morgan fingerprint density at radius 1 is 1.24 bits per heavy atom. The molecule has 0 bridgehead atoms. The molecular weight excluding hydrogens is 272 g/mol. The number of ether oxygens (including phenoxy) is 1. The Bertz CT molecular complexity index is 670. The summed E-state index contributed by atoms with van der Waals surface area (Å²) in [7, 11) is 1.58. The fourth-order valence-electron chi connectivity index (χ4n) is 1.78. The van der Waals surface area contributed by atoms with Crippen LogP contribution in [0.4, 0.5) is 5.82 Å². The average molecular weight is 286 g/mol. The van der Waals surface area contributed by atoms with Crippen LogP contribution in [0.5, 0.6) is 0 Å². The maximum Gasteiger partial charge on any atom is 0.354 e. The first kappa shape index (κ1) is 14.7. The molecular formula is C15H14N2O4. The van der Waals surface area contributed by atoms with Gasteiger partial charge in [0.15, 0.2) is 5.69 Å². The van der Waals surface area contributed by atoms with Gasteiger partial charge in [0.25, 0.3) is 5.91 Å². The molecule has 0 radical (unpaired) electrons. The topological polar surface area (TPSA) is 88.5 Å². The first-order chi connectivity index (χ1) is 10.1. The number of carbonyl (C=O) groups excluding carboxylic acids is 1. The molecule has 108 valence electrons. The minimum Gasteiger partial charge on any atom is -0.477 e. The van der Waals surface area contributed by atoms with Gasteiger partial charge in [-0.1, -0.05) is 18.2 Å². The summed E-state index contributed by atoms with van der Waals surface area (Å²) >= 11 is 0. The number of hydrogen-bond acceptors (Lipinski definition) is 4. The van der Waals surface area contributed by atoms with Crippen molar-refractivity contribution in [1.82, 2.24) is 4.98 Å². The number of carboxylic acids is 1. The number of anilines is 1. The Hall–Kier alpha value is -2.73. The minimum atomic E-state index is -1.15. The Morgan fingerprint density at radius 2 is 2.00 bits per heavy atom. The number of aromatic nitrogens is 1. The van der Waals surface area contributed by atoms with Gasteiger partial charge in [-0.25, -0.2) is 9.78 Å². The molecule has 0 saturated heterocycles. The van der Waals surface area contributed by atoms with E-state index in [-0.39, 0.29) is 17.4 Å². The number of pyridine rings is 1. The zero-order valence-electron chi connectivity index (χ0n) is 11.4. The van der Waals surface area contributed by atoms with Gasteiger partial charge >= 0.3 is 5.97 Å². The Balaban J connectivity index is 2.16. The molecule has 1 aromatic heterocycles. The van der Waals surface area contributed by atoms with E-state index in [2.05, 4.69) is 10.3 Å². The lowest BCUT2D eigenvalue weighted by molar-refractivity contribution is 0.0690. The third-order valence-corrected chi connectivity index (χ3v) is 2.71. The molecule has 1 amide bonds. The molecule has 0 atom stereocenters. The molecule has 1 heterocycles. The molecule has 1 aromatic carbocycles. The van der Waals surface area contributed by atoms with E-state index in [0.29, 0.717) is 12.2 Å². The molecule has 0 unspecified atom stereocenters. The van der Waals surface area contributed by atoms with Crippen LogP contribution in [0.15, 0.2) is 42.5 Å². The van der Waals surface area contributed by atoms with E-state index in [1.165, 1.54) is 18.2 Å². The molecule has 0 aliphatic heterocycles. The van der Waals surface area contributed by atoms with Crippen LogP contribution in [0.25, 0.3) is 0 Å². The highest BCUT2D eigenvalue weighted by atomic mass is 16.5. The number of carbonyl (C=O) groups is 2. The second-order valence-electron chi connectivity index (χ2n) is 4.30. The summed E-state index contributed by atoms with van der Waals surface area (Å²) in [6, 6.07) is 11.4. The number of carboxylic acid groups (broad SMARTS) is 1. The van der Waals surface area contributed by atoms with Crippen LogP contribution in [-0.2, 0) is 11.3 Å². The van der Waals surface area contributed by atoms with E-state index in [1.807, 2.05) is 6.07 Å². The molecule has 0 saturated carbocycles. The highest BCUT2D eigenvalue weighted by Gasteiger charge is 2.10.